The summed E-state index contributed by atoms with van der Waals surface area (Å²) in [4.78, 5) is 29.8. The molecule has 0 fully saturated rings. The van der Waals surface area contributed by atoms with Crippen molar-refractivity contribution in [1.82, 2.24) is 9.55 Å². The number of ether oxygens (including phenoxy) is 1. The molecule has 1 unspecified atom stereocenters. The number of aromatic nitrogens is 2. The van der Waals surface area contributed by atoms with Gasteiger partial charge >= 0.3 is 0 Å². The molecule has 1 atom stereocenters. The van der Waals surface area contributed by atoms with Gasteiger partial charge in [-0.1, -0.05) is 49.0 Å². The second kappa shape index (κ2) is 9.56. The molecule has 1 aliphatic rings. The maximum Gasteiger partial charge on any atom is 0.279 e. The number of benzene rings is 2. The van der Waals surface area contributed by atoms with Crippen molar-refractivity contribution in [2.45, 2.75) is 36.6 Å². The van der Waals surface area contributed by atoms with Crippen molar-refractivity contribution in [3.63, 3.8) is 0 Å². The van der Waals surface area contributed by atoms with Crippen molar-refractivity contribution < 1.29 is 13.9 Å². The van der Waals surface area contributed by atoms with Crippen LogP contribution in [-0.2, 0) is 17.6 Å². The van der Waals surface area contributed by atoms with Crippen molar-refractivity contribution >= 4 is 23.5 Å². The van der Waals surface area contributed by atoms with Crippen molar-refractivity contribution in [3.05, 3.63) is 81.4 Å². The highest BCUT2D eigenvalue weighted by Crippen LogP contribution is 2.36. The lowest BCUT2D eigenvalue weighted by Gasteiger charge is -2.27. The van der Waals surface area contributed by atoms with Crippen molar-refractivity contribution in [2.75, 3.05) is 11.9 Å². The van der Waals surface area contributed by atoms with Crippen LogP contribution >= 0.6 is 11.8 Å². The van der Waals surface area contributed by atoms with Crippen LogP contribution in [0.1, 0.15) is 42.4 Å². The Morgan fingerprint density at radius 1 is 1.19 bits per heavy atom. The van der Waals surface area contributed by atoms with E-state index in [1.54, 1.807) is 29.8 Å². The van der Waals surface area contributed by atoms with Gasteiger partial charge in [0, 0.05) is 25.1 Å². The second-order valence-corrected chi connectivity index (χ2v) is 8.57. The number of halogens is 1. The zero-order valence-corrected chi connectivity index (χ0v) is 18.7. The third-order valence-electron chi connectivity index (χ3n) is 5.37. The minimum absolute atomic E-state index is 0.167. The number of hydrogen-bond donors (Lipinski definition) is 1. The predicted molar refractivity (Wildman–Crippen MR) is 123 cm³/mol. The molecule has 1 aromatic heterocycles. The van der Waals surface area contributed by atoms with Gasteiger partial charge in [-0.2, -0.15) is 4.98 Å². The first-order valence-corrected chi connectivity index (χ1v) is 11.5. The molecule has 4 rings (SSSR count). The second-order valence-electron chi connectivity index (χ2n) is 7.62. The van der Waals surface area contributed by atoms with Crippen LogP contribution in [-0.4, -0.2) is 22.1 Å². The minimum Gasteiger partial charge on any atom is -0.494 e. The number of amides is 1. The van der Waals surface area contributed by atoms with Crippen molar-refractivity contribution in [1.29, 1.82) is 0 Å². The first-order valence-electron chi connectivity index (χ1n) is 10.5. The Balaban J connectivity index is 1.65. The van der Waals surface area contributed by atoms with Gasteiger partial charge in [0.15, 0.2) is 5.16 Å². The summed E-state index contributed by atoms with van der Waals surface area (Å²) in [6.07, 6.45) is 1.08. The molecule has 1 N–H and O–H groups in total. The summed E-state index contributed by atoms with van der Waals surface area (Å²) >= 11 is 1.25. The fourth-order valence-corrected chi connectivity index (χ4v) is 4.67. The topological polar surface area (TPSA) is 73.2 Å². The average molecular weight is 454 g/mol. The van der Waals surface area contributed by atoms with Crippen LogP contribution in [0.2, 0.25) is 0 Å². The van der Waals surface area contributed by atoms with Crippen LogP contribution in [0.5, 0.6) is 5.75 Å². The Labute approximate surface area is 189 Å². The summed E-state index contributed by atoms with van der Waals surface area (Å²) in [6, 6.07) is 14.0. The zero-order valence-electron chi connectivity index (χ0n) is 17.9. The lowest BCUT2D eigenvalue weighted by atomic mass is 9.87. The van der Waals surface area contributed by atoms with E-state index in [2.05, 4.69) is 10.3 Å². The van der Waals surface area contributed by atoms with Crippen LogP contribution < -0.4 is 15.6 Å². The molecule has 8 heteroatoms. The van der Waals surface area contributed by atoms with Crippen LogP contribution in [0.3, 0.4) is 0 Å². The lowest BCUT2D eigenvalue weighted by Crippen LogP contribution is -2.33. The summed E-state index contributed by atoms with van der Waals surface area (Å²) in [5.41, 5.74) is 1.46. The Bertz CT molecular complexity index is 1190. The molecular weight excluding hydrogens is 429 g/mol. The normalized spacial score (nSPS) is 15.2. The van der Waals surface area contributed by atoms with Gasteiger partial charge in [0.2, 0.25) is 5.91 Å². The van der Waals surface area contributed by atoms with E-state index < -0.39 is 5.92 Å². The first kappa shape index (κ1) is 22.1. The van der Waals surface area contributed by atoms with Crippen molar-refractivity contribution in [3.8, 4) is 5.75 Å². The maximum absolute atomic E-state index is 14.0. The number of rotatable bonds is 7. The van der Waals surface area contributed by atoms with E-state index in [1.807, 2.05) is 31.2 Å². The molecule has 0 saturated heterocycles. The van der Waals surface area contributed by atoms with Gasteiger partial charge in [0.05, 0.1) is 12.2 Å². The van der Waals surface area contributed by atoms with Crippen LogP contribution in [0.25, 0.3) is 0 Å². The van der Waals surface area contributed by atoms with E-state index in [1.165, 1.54) is 17.8 Å². The number of nitrogens with one attached hydrogen (secondary N) is 1. The Kier molecular flexibility index (Phi) is 6.60. The molecule has 0 aliphatic carbocycles. The molecular formula is C24H24FN3O3S. The van der Waals surface area contributed by atoms with Gasteiger partial charge in [-0.15, -0.1) is 0 Å². The van der Waals surface area contributed by atoms with Crippen LogP contribution in [0.4, 0.5) is 10.2 Å². The number of fused-ring (bicyclic) bond motifs is 1. The van der Waals surface area contributed by atoms with E-state index in [0.29, 0.717) is 34.5 Å². The summed E-state index contributed by atoms with van der Waals surface area (Å²) in [5, 5.41) is 3.25. The molecule has 166 valence electrons. The Morgan fingerprint density at radius 3 is 2.66 bits per heavy atom. The Hall–Kier alpha value is -3.13. The van der Waals surface area contributed by atoms with Gasteiger partial charge in [0.1, 0.15) is 17.4 Å². The summed E-state index contributed by atoms with van der Waals surface area (Å²) < 4.78 is 21.3. The summed E-state index contributed by atoms with van der Waals surface area (Å²) in [7, 11) is 1.75. The highest BCUT2D eigenvalue weighted by Gasteiger charge is 2.32. The van der Waals surface area contributed by atoms with Gasteiger partial charge in [0.25, 0.3) is 5.56 Å². The smallest absolute Gasteiger partial charge is 0.279 e. The molecule has 0 bridgehead atoms. The average Bonchev–Trinajstić information content (AvgIpc) is 2.79. The number of anilines is 1. The first-order chi connectivity index (χ1) is 15.5. The molecule has 3 aromatic rings. The van der Waals surface area contributed by atoms with Crippen LogP contribution in [0, 0.1) is 5.82 Å². The SMILES string of the molecule is CCCOc1ccc(C2CC(=O)Nc3c2c(=O)nc(SCc2ccccc2F)n3C)cc1. The number of thioether (sulfide) groups is 1. The molecule has 32 heavy (non-hydrogen) atoms. The summed E-state index contributed by atoms with van der Waals surface area (Å²) in [5.74, 6) is 0.650. The largest absolute Gasteiger partial charge is 0.494 e. The monoisotopic (exact) mass is 453 g/mol. The molecule has 0 radical (unpaired) electrons. The highest BCUT2D eigenvalue weighted by atomic mass is 32.2. The fraction of sp³-hybridized carbons (Fsp3) is 0.292. The van der Waals surface area contributed by atoms with E-state index in [9.17, 15) is 14.0 Å². The third-order valence-corrected chi connectivity index (χ3v) is 6.45. The standard InChI is InChI=1S/C24H24FN3O3S/c1-3-12-31-17-10-8-15(9-11-17)18-13-20(29)26-22-21(18)23(30)27-24(28(22)2)32-14-16-6-4-5-7-19(16)25/h4-11,18H,3,12-14H2,1-2H3,(H,26,29). The van der Waals surface area contributed by atoms with E-state index in [-0.39, 0.29) is 23.7 Å². The van der Waals surface area contributed by atoms with E-state index >= 15 is 0 Å². The molecule has 0 saturated carbocycles. The molecule has 2 heterocycles. The Morgan fingerprint density at radius 2 is 1.94 bits per heavy atom. The number of nitrogens with zero attached hydrogens (tertiary/aromatic N) is 2. The molecule has 1 amide bonds. The van der Waals surface area contributed by atoms with Crippen LogP contribution in [0.15, 0.2) is 58.5 Å². The number of carbonyl (C=O) groups excluding carboxylic acids is 1. The summed E-state index contributed by atoms with van der Waals surface area (Å²) in [6.45, 7) is 2.67. The predicted octanol–water partition coefficient (Wildman–Crippen LogP) is 4.47. The maximum atomic E-state index is 14.0. The van der Waals surface area contributed by atoms with Crippen molar-refractivity contribution in [2.24, 2.45) is 7.05 Å². The zero-order chi connectivity index (χ0) is 22.7. The molecule has 1 aliphatic heterocycles. The number of carbonyl (C=O) groups is 1. The van der Waals surface area contributed by atoms with Gasteiger partial charge < -0.3 is 14.6 Å². The van der Waals surface area contributed by atoms with Gasteiger partial charge in [-0.25, -0.2) is 4.39 Å². The minimum atomic E-state index is -0.393. The molecule has 2 aromatic carbocycles. The third kappa shape index (κ3) is 4.55. The lowest BCUT2D eigenvalue weighted by molar-refractivity contribution is -0.116. The van der Waals surface area contributed by atoms with E-state index in [0.717, 1.165) is 17.7 Å². The fourth-order valence-electron chi connectivity index (χ4n) is 3.72. The van der Waals surface area contributed by atoms with E-state index in [4.69, 9.17) is 4.74 Å². The van der Waals surface area contributed by atoms with Gasteiger partial charge in [-0.05, 0) is 35.7 Å². The van der Waals surface area contributed by atoms with Gasteiger partial charge in [-0.3, -0.25) is 9.59 Å². The highest BCUT2D eigenvalue weighted by molar-refractivity contribution is 7.98. The quantitative estimate of drug-likeness (QED) is 0.422. The molecule has 0 spiro atoms. The molecule has 6 nitrogen and oxygen atoms in total. The number of hydrogen-bond acceptors (Lipinski definition) is 5.